The zero-order valence-corrected chi connectivity index (χ0v) is 19.4. The molecule has 0 N–H and O–H groups in total. The van der Waals surface area contributed by atoms with Crippen molar-refractivity contribution in [1.29, 1.82) is 0 Å². The van der Waals surface area contributed by atoms with Crippen LogP contribution in [0.4, 0.5) is 0 Å². The lowest BCUT2D eigenvalue weighted by Gasteiger charge is -2.46. The van der Waals surface area contributed by atoms with Gasteiger partial charge in [0.05, 0.1) is 12.0 Å². The van der Waals surface area contributed by atoms with Crippen molar-refractivity contribution in [3.63, 3.8) is 0 Å². The average molecular weight is 451 g/mol. The molecule has 1 fully saturated rings. The minimum absolute atomic E-state index is 0.0562. The van der Waals surface area contributed by atoms with E-state index in [1.807, 2.05) is 35.2 Å². The van der Waals surface area contributed by atoms with Crippen molar-refractivity contribution in [3.05, 3.63) is 107 Å². The Morgan fingerprint density at radius 1 is 0.794 bits per heavy atom. The molecule has 0 saturated carbocycles. The number of hydrogen-bond donors (Lipinski definition) is 0. The number of fused-ring (bicyclic) bond motifs is 4. The predicted octanol–water partition coefficient (Wildman–Crippen LogP) is 5.00. The molecule has 2 amide bonds. The fourth-order valence-electron chi connectivity index (χ4n) is 6.24. The van der Waals surface area contributed by atoms with Crippen LogP contribution in [0, 0.1) is 5.92 Å². The van der Waals surface area contributed by atoms with Gasteiger partial charge < -0.3 is 9.80 Å². The highest BCUT2D eigenvalue weighted by Gasteiger charge is 2.47. The summed E-state index contributed by atoms with van der Waals surface area (Å²) in [6, 6.07) is 26.5. The average Bonchev–Trinajstić information content (AvgIpc) is 2.89. The molecular formula is C30H30N2O2. The molecule has 0 spiro atoms. The Bertz CT molecular complexity index is 1210. The van der Waals surface area contributed by atoms with Crippen LogP contribution < -0.4 is 0 Å². The summed E-state index contributed by atoms with van der Waals surface area (Å²) in [7, 11) is 0. The van der Waals surface area contributed by atoms with Crippen LogP contribution in [0.3, 0.4) is 0 Å². The fourth-order valence-corrected chi connectivity index (χ4v) is 6.24. The molecule has 172 valence electrons. The van der Waals surface area contributed by atoms with Gasteiger partial charge in [0.25, 0.3) is 5.91 Å². The van der Waals surface area contributed by atoms with E-state index in [1.165, 1.54) is 11.1 Å². The van der Waals surface area contributed by atoms with Crippen LogP contribution in [0.5, 0.6) is 0 Å². The van der Waals surface area contributed by atoms with E-state index < -0.39 is 0 Å². The summed E-state index contributed by atoms with van der Waals surface area (Å²) >= 11 is 0. The largest absolute Gasteiger partial charge is 0.342 e. The number of rotatable bonds is 3. The van der Waals surface area contributed by atoms with E-state index in [0.29, 0.717) is 18.0 Å². The molecule has 0 aliphatic carbocycles. The second-order valence-electron chi connectivity index (χ2n) is 9.92. The van der Waals surface area contributed by atoms with E-state index in [4.69, 9.17) is 0 Å². The predicted molar refractivity (Wildman–Crippen MR) is 133 cm³/mol. The summed E-state index contributed by atoms with van der Waals surface area (Å²) in [4.78, 5) is 31.6. The first-order valence-electron chi connectivity index (χ1n) is 12.5. The van der Waals surface area contributed by atoms with E-state index in [0.717, 1.165) is 49.9 Å². The van der Waals surface area contributed by atoms with Gasteiger partial charge in [-0.25, -0.2) is 0 Å². The number of nitrogens with zero attached hydrogens (tertiary/aromatic N) is 2. The van der Waals surface area contributed by atoms with E-state index in [9.17, 15) is 9.59 Å². The molecule has 3 aliphatic heterocycles. The van der Waals surface area contributed by atoms with Crippen LogP contribution in [0.15, 0.2) is 78.9 Å². The topological polar surface area (TPSA) is 40.6 Å². The molecule has 0 bridgehead atoms. The Hall–Kier alpha value is -3.40. The Kier molecular flexibility index (Phi) is 5.44. The van der Waals surface area contributed by atoms with E-state index in [2.05, 4.69) is 53.4 Å². The van der Waals surface area contributed by atoms with Crippen LogP contribution in [0.25, 0.3) is 0 Å². The fraction of sp³-hybridized carbons (Fsp3) is 0.333. The third-order valence-electron chi connectivity index (χ3n) is 7.99. The Morgan fingerprint density at radius 2 is 1.47 bits per heavy atom. The monoisotopic (exact) mass is 450 g/mol. The lowest BCUT2D eigenvalue weighted by Crippen LogP contribution is -2.51. The van der Waals surface area contributed by atoms with E-state index in [1.54, 1.807) is 0 Å². The summed E-state index contributed by atoms with van der Waals surface area (Å²) in [6.07, 6.45) is 3.97. The number of hydrogen-bond acceptors (Lipinski definition) is 2. The first kappa shape index (κ1) is 21.2. The molecule has 4 heteroatoms. The van der Waals surface area contributed by atoms with Crippen LogP contribution in [-0.2, 0) is 17.6 Å². The highest BCUT2D eigenvalue weighted by atomic mass is 16.2. The quantitative estimate of drug-likeness (QED) is 0.563. The third-order valence-corrected chi connectivity index (χ3v) is 7.99. The molecule has 3 aromatic rings. The standard InChI is InChI=1S/C30H30N2O2/c33-29-26-13-7-6-12-25(26)27(28-24-11-5-4-10-23(24)16-19-32(28)29)30(34)31-17-14-22(15-18-31)20-21-8-2-1-3-9-21/h1-13,22,27-28H,14-20H2/t27-,28-/m0/s1. The van der Waals surface area contributed by atoms with Crippen molar-refractivity contribution in [2.75, 3.05) is 19.6 Å². The highest BCUT2D eigenvalue weighted by molar-refractivity contribution is 6.01. The molecule has 1 saturated heterocycles. The molecule has 4 nitrogen and oxygen atoms in total. The van der Waals surface area contributed by atoms with Crippen molar-refractivity contribution in [2.45, 2.75) is 37.6 Å². The van der Waals surface area contributed by atoms with Gasteiger partial charge in [-0.2, -0.15) is 0 Å². The molecule has 0 aromatic heterocycles. The van der Waals surface area contributed by atoms with Crippen molar-refractivity contribution in [3.8, 4) is 0 Å². The molecule has 34 heavy (non-hydrogen) atoms. The number of benzene rings is 3. The van der Waals surface area contributed by atoms with Gasteiger partial charge in [-0.1, -0.05) is 72.8 Å². The van der Waals surface area contributed by atoms with Crippen LogP contribution in [-0.4, -0.2) is 41.2 Å². The van der Waals surface area contributed by atoms with Gasteiger partial charge >= 0.3 is 0 Å². The minimum Gasteiger partial charge on any atom is -0.342 e. The van der Waals surface area contributed by atoms with Gasteiger partial charge in [0.1, 0.15) is 0 Å². The van der Waals surface area contributed by atoms with Crippen LogP contribution in [0.2, 0.25) is 0 Å². The normalized spacial score (nSPS) is 22.1. The van der Waals surface area contributed by atoms with Crippen molar-refractivity contribution in [2.24, 2.45) is 5.92 Å². The van der Waals surface area contributed by atoms with E-state index >= 15 is 0 Å². The van der Waals surface area contributed by atoms with Crippen molar-refractivity contribution in [1.82, 2.24) is 9.80 Å². The molecule has 0 unspecified atom stereocenters. The maximum Gasteiger partial charge on any atom is 0.254 e. The number of carbonyl (C=O) groups excluding carboxylic acids is 2. The maximum atomic E-state index is 14.1. The molecule has 6 rings (SSSR count). The molecule has 2 atom stereocenters. The van der Waals surface area contributed by atoms with Gasteiger partial charge in [0, 0.05) is 25.2 Å². The SMILES string of the molecule is O=C([C@H]1c2ccccc2C(=O)N2CCc3ccccc3[C@@H]12)N1CCC(Cc2ccccc2)CC1. The first-order valence-corrected chi connectivity index (χ1v) is 12.5. The Balaban J connectivity index is 1.29. The van der Waals surface area contributed by atoms with Crippen molar-refractivity contribution < 1.29 is 9.59 Å². The second kappa shape index (κ2) is 8.75. The van der Waals surface area contributed by atoms with Gasteiger partial charge in [-0.05, 0) is 59.9 Å². The maximum absolute atomic E-state index is 14.1. The summed E-state index contributed by atoms with van der Waals surface area (Å²) in [5, 5.41) is 0. The molecule has 3 aromatic carbocycles. The lowest BCUT2D eigenvalue weighted by molar-refractivity contribution is -0.136. The molecule has 3 aliphatic rings. The van der Waals surface area contributed by atoms with Gasteiger partial charge in [0.15, 0.2) is 0 Å². The summed E-state index contributed by atoms with van der Waals surface area (Å²) < 4.78 is 0. The lowest BCUT2D eigenvalue weighted by atomic mass is 9.75. The van der Waals surface area contributed by atoms with Gasteiger partial charge in [0.2, 0.25) is 5.91 Å². The Labute approximate surface area is 201 Å². The molecule has 3 heterocycles. The van der Waals surface area contributed by atoms with E-state index in [-0.39, 0.29) is 23.8 Å². The summed E-state index contributed by atoms with van der Waals surface area (Å²) in [5.74, 6) is 0.491. The number of amides is 2. The second-order valence-corrected chi connectivity index (χ2v) is 9.92. The zero-order chi connectivity index (χ0) is 23.1. The molecular weight excluding hydrogens is 420 g/mol. The first-order chi connectivity index (χ1) is 16.7. The molecule has 0 radical (unpaired) electrons. The number of likely N-dealkylation sites (tertiary alicyclic amines) is 1. The van der Waals surface area contributed by atoms with Gasteiger partial charge in [-0.3, -0.25) is 9.59 Å². The smallest absolute Gasteiger partial charge is 0.254 e. The summed E-state index contributed by atoms with van der Waals surface area (Å²) in [6.45, 7) is 2.24. The Morgan fingerprint density at radius 3 is 2.26 bits per heavy atom. The van der Waals surface area contributed by atoms with Gasteiger partial charge in [-0.15, -0.1) is 0 Å². The highest BCUT2D eigenvalue weighted by Crippen LogP contribution is 2.46. The van der Waals surface area contributed by atoms with Crippen molar-refractivity contribution >= 4 is 11.8 Å². The van der Waals surface area contributed by atoms with Crippen LogP contribution in [0.1, 0.15) is 57.4 Å². The number of piperidine rings is 1. The van der Waals surface area contributed by atoms with Crippen LogP contribution >= 0.6 is 0 Å². The minimum atomic E-state index is -0.346. The third kappa shape index (κ3) is 3.62. The zero-order valence-electron chi connectivity index (χ0n) is 19.4. The number of carbonyl (C=O) groups is 2. The summed E-state index contributed by atoms with van der Waals surface area (Å²) in [5.41, 5.74) is 5.35.